The van der Waals surface area contributed by atoms with Crippen molar-refractivity contribution >= 4 is 0 Å². The van der Waals surface area contributed by atoms with E-state index in [0.717, 1.165) is 23.1 Å². The van der Waals surface area contributed by atoms with Gasteiger partial charge in [-0.05, 0) is 30.2 Å². The molecule has 0 saturated heterocycles. The molecule has 0 aliphatic rings. The van der Waals surface area contributed by atoms with Gasteiger partial charge in [0.2, 0.25) is 0 Å². The second-order valence-corrected chi connectivity index (χ2v) is 5.41. The summed E-state index contributed by atoms with van der Waals surface area (Å²) in [5, 5.41) is 9.32. The zero-order chi connectivity index (χ0) is 16.8. The summed E-state index contributed by atoms with van der Waals surface area (Å²) in [6.45, 7) is 2.46. The molecule has 0 atom stereocenters. The summed E-state index contributed by atoms with van der Waals surface area (Å²) >= 11 is 0. The maximum atomic E-state index is 9.32. The third-order valence-corrected chi connectivity index (χ3v) is 3.86. The van der Waals surface area contributed by atoms with E-state index in [4.69, 9.17) is 4.74 Å². The number of rotatable bonds is 5. The van der Waals surface area contributed by atoms with E-state index in [1.54, 1.807) is 18.6 Å². The number of benzene rings is 1. The summed E-state index contributed by atoms with van der Waals surface area (Å²) in [4.78, 5) is 8.29. The third-order valence-electron chi connectivity index (χ3n) is 3.86. The zero-order valence-corrected chi connectivity index (χ0v) is 13.4. The van der Waals surface area contributed by atoms with Gasteiger partial charge in [-0.2, -0.15) is 5.26 Å². The van der Waals surface area contributed by atoms with E-state index in [2.05, 4.69) is 28.2 Å². The quantitative estimate of drug-likeness (QED) is 0.715. The number of pyridine rings is 2. The van der Waals surface area contributed by atoms with E-state index in [1.807, 2.05) is 37.3 Å². The number of ether oxygens (including phenoxy) is 1. The molecule has 0 fully saturated rings. The van der Waals surface area contributed by atoms with Crippen LogP contribution in [-0.4, -0.2) is 16.6 Å². The topological polar surface area (TPSA) is 58.8 Å². The molecule has 0 amide bonds. The molecule has 0 N–H and O–H groups in total. The molecular formula is C20H17N3O. The fraction of sp³-hybridized carbons (Fsp3) is 0.150. The SMILES string of the molecule is Cc1c(-c2ccncc2)cnc(C#N)c1OCCc1ccccc1. The highest BCUT2D eigenvalue weighted by molar-refractivity contribution is 5.69. The lowest BCUT2D eigenvalue weighted by molar-refractivity contribution is 0.317. The van der Waals surface area contributed by atoms with Crippen LogP contribution in [0.1, 0.15) is 16.8 Å². The molecule has 2 aromatic heterocycles. The van der Waals surface area contributed by atoms with Crippen molar-refractivity contribution in [2.24, 2.45) is 0 Å². The highest BCUT2D eigenvalue weighted by Crippen LogP contribution is 2.31. The molecule has 24 heavy (non-hydrogen) atoms. The summed E-state index contributed by atoms with van der Waals surface area (Å²) in [5.74, 6) is 0.558. The van der Waals surface area contributed by atoms with Crippen LogP contribution in [0.5, 0.6) is 5.75 Å². The first kappa shape index (κ1) is 15.7. The van der Waals surface area contributed by atoms with Crippen molar-refractivity contribution < 1.29 is 4.74 Å². The van der Waals surface area contributed by atoms with Crippen LogP contribution in [0.4, 0.5) is 0 Å². The molecule has 3 aromatic rings. The van der Waals surface area contributed by atoms with Gasteiger partial charge in [-0.3, -0.25) is 4.98 Å². The summed E-state index contributed by atoms with van der Waals surface area (Å²) in [6, 6.07) is 16.1. The Bertz CT molecular complexity index is 855. The minimum absolute atomic E-state index is 0.318. The first-order chi connectivity index (χ1) is 11.8. The summed E-state index contributed by atoms with van der Waals surface area (Å²) < 4.78 is 5.92. The van der Waals surface area contributed by atoms with E-state index in [9.17, 15) is 5.26 Å². The van der Waals surface area contributed by atoms with Crippen molar-refractivity contribution in [3.63, 3.8) is 0 Å². The molecule has 0 aliphatic heterocycles. The Balaban J connectivity index is 1.84. The summed E-state index contributed by atoms with van der Waals surface area (Å²) in [6.07, 6.45) is 5.98. The van der Waals surface area contributed by atoms with Crippen LogP contribution in [0.25, 0.3) is 11.1 Å². The molecule has 2 heterocycles. The van der Waals surface area contributed by atoms with Crippen molar-refractivity contribution in [2.45, 2.75) is 13.3 Å². The lowest BCUT2D eigenvalue weighted by Gasteiger charge is -2.14. The molecule has 118 valence electrons. The average Bonchev–Trinajstić information content (AvgIpc) is 2.64. The van der Waals surface area contributed by atoms with E-state index in [-0.39, 0.29) is 0 Å². The number of nitrogens with zero attached hydrogens (tertiary/aromatic N) is 3. The van der Waals surface area contributed by atoms with Gasteiger partial charge in [0.15, 0.2) is 11.4 Å². The number of aromatic nitrogens is 2. The average molecular weight is 315 g/mol. The van der Waals surface area contributed by atoms with Gasteiger partial charge < -0.3 is 4.74 Å². The number of hydrogen-bond donors (Lipinski definition) is 0. The first-order valence-electron chi connectivity index (χ1n) is 7.76. The monoisotopic (exact) mass is 315 g/mol. The van der Waals surface area contributed by atoms with Crippen molar-refractivity contribution in [2.75, 3.05) is 6.61 Å². The minimum atomic E-state index is 0.318. The maximum absolute atomic E-state index is 9.32. The molecule has 0 aliphatic carbocycles. The van der Waals surface area contributed by atoms with E-state index in [1.165, 1.54) is 5.56 Å². The van der Waals surface area contributed by atoms with Crippen molar-refractivity contribution in [1.82, 2.24) is 9.97 Å². The summed E-state index contributed by atoms with van der Waals surface area (Å²) in [7, 11) is 0. The van der Waals surface area contributed by atoms with Crippen LogP contribution >= 0.6 is 0 Å². The predicted octanol–water partition coefficient (Wildman–Crippen LogP) is 3.95. The Morgan fingerprint density at radius 2 is 1.83 bits per heavy atom. The van der Waals surface area contributed by atoms with Crippen LogP contribution in [0.2, 0.25) is 0 Å². The maximum Gasteiger partial charge on any atom is 0.182 e. The van der Waals surface area contributed by atoms with Gasteiger partial charge in [-0.25, -0.2) is 4.98 Å². The molecule has 3 rings (SSSR count). The predicted molar refractivity (Wildman–Crippen MR) is 92.6 cm³/mol. The van der Waals surface area contributed by atoms with Gasteiger partial charge >= 0.3 is 0 Å². The van der Waals surface area contributed by atoms with Gasteiger partial charge in [0.05, 0.1) is 6.61 Å². The van der Waals surface area contributed by atoms with Crippen LogP contribution in [0.3, 0.4) is 0 Å². The van der Waals surface area contributed by atoms with E-state index >= 15 is 0 Å². The van der Waals surface area contributed by atoms with Gasteiger partial charge in [0.1, 0.15) is 6.07 Å². The lowest BCUT2D eigenvalue weighted by atomic mass is 10.0. The Hall–Kier alpha value is -3.19. The third kappa shape index (κ3) is 3.41. The normalized spacial score (nSPS) is 10.2. The van der Waals surface area contributed by atoms with Gasteiger partial charge in [-0.1, -0.05) is 30.3 Å². The largest absolute Gasteiger partial charge is 0.490 e. The van der Waals surface area contributed by atoms with Gasteiger partial charge in [0.25, 0.3) is 0 Å². The van der Waals surface area contributed by atoms with Gasteiger partial charge in [0, 0.05) is 36.1 Å². The van der Waals surface area contributed by atoms with E-state index in [0.29, 0.717) is 18.1 Å². The summed E-state index contributed by atoms with van der Waals surface area (Å²) in [5.41, 5.74) is 4.39. The molecule has 0 unspecified atom stereocenters. The molecule has 1 aromatic carbocycles. The highest BCUT2D eigenvalue weighted by atomic mass is 16.5. The fourth-order valence-corrected chi connectivity index (χ4v) is 2.58. The standard InChI is InChI=1S/C20H17N3O/c1-15-18(17-7-10-22-11-8-17)14-23-19(13-21)20(15)24-12-9-16-5-3-2-4-6-16/h2-8,10-11,14H,9,12H2,1H3. The van der Waals surface area contributed by atoms with Crippen molar-refractivity contribution in [3.8, 4) is 22.9 Å². The second-order valence-electron chi connectivity index (χ2n) is 5.41. The molecule has 0 saturated carbocycles. The smallest absolute Gasteiger partial charge is 0.182 e. The fourth-order valence-electron chi connectivity index (χ4n) is 2.58. The van der Waals surface area contributed by atoms with Crippen LogP contribution in [-0.2, 0) is 6.42 Å². The lowest BCUT2D eigenvalue weighted by Crippen LogP contribution is -2.06. The van der Waals surface area contributed by atoms with Crippen molar-refractivity contribution in [3.05, 3.63) is 77.9 Å². The zero-order valence-electron chi connectivity index (χ0n) is 13.4. The Morgan fingerprint density at radius 3 is 2.54 bits per heavy atom. The minimum Gasteiger partial charge on any atom is -0.490 e. The second kappa shape index (κ2) is 7.38. The Labute approximate surface area is 141 Å². The molecule has 0 spiro atoms. The van der Waals surface area contributed by atoms with Crippen LogP contribution < -0.4 is 4.74 Å². The van der Waals surface area contributed by atoms with E-state index < -0.39 is 0 Å². The van der Waals surface area contributed by atoms with Crippen molar-refractivity contribution in [1.29, 1.82) is 5.26 Å². The molecule has 4 heteroatoms. The van der Waals surface area contributed by atoms with Gasteiger partial charge in [-0.15, -0.1) is 0 Å². The Morgan fingerprint density at radius 1 is 1.08 bits per heavy atom. The molecule has 4 nitrogen and oxygen atoms in total. The number of hydrogen-bond acceptors (Lipinski definition) is 4. The van der Waals surface area contributed by atoms with Crippen LogP contribution in [0.15, 0.2) is 61.1 Å². The highest BCUT2D eigenvalue weighted by Gasteiger charge is 2.14. The molecule has 0 bridgehead atoms. The Kier molecular flexibility index (Phi) is 4.83. The van der Waals surface area contributed by atoms with Crippen LogP contribution in [0, 0.1) is 18.3 Å². The first-order valence-corrected chi connectivity index (χ1v) is 7.76. The number of nitriles is 1. The molecule has 0 radical (unpaired) electrons. The molecular weight excluding hydrogens is 298 g/mol.